The summed E-state index contributed by atoms with van der Waals surface area (Å²) in [5.41, 5.74) is 0. The van der Waals surface area contributed by atoms with Crippen molar-refractivity contribution in [3.8, 4) is 0 Å². The van der Waals surface area contributed by atoms with Gasteiger partial charge in [0.05, 0.1) is 11.5 Å². The van der Waals surface area contributed by atoms with E-state index in [-0.39, 0.29) is 23.5 Å². The molecule has 20 heavy (non-hydrogen) atoms. The lowest BCUT2D eigenvalue weighted by atomic mass is 10.2. The van der Waals surface area contributed by atoms with Crippen molar-refractivity contribution < 1.29 is 13.2 Å². The van der Waals surface area contributed by atoms with E-state index in [2.05, 4.69) is 20.8 Å². The van der Waals surface area contributed by atoms with Gasteiger partial charge in [0.15, 0.2) is 15.7 Å². The molecule has 1 aromatic heterocycles. The van der Waals surface area contributed by atoms with Gasteiger partial charge in [0.2, 0.25) is 5.91 Å². The van der Waals surface area contributed by atoms with Crippen LogP contribution < -0.4 is 10.6 Å². The van der Waals surface area contributed by atoms with Crippen LogP contribution in [0, 0.1) is 0 Å². The standard InChI is InChI=1S/C12H18N4O3S/c1-2-3-12(17)14-11-5-4-10(15-16-11)13-9-6-7-20(18,19)8-9/h4-5,9H,2-3,6-8H2,1H3,(H,13,15)(H,14,16,17). The minimum Gasteiger partial charge on any atom is -0.365 e. The highest BCUT2D eigenvalue weighted by atomic mass is 32.2. The summed E-state index contributed by atoms with van der Waals surface area (Å²) in [4.78, 5) is 11.4. The largest absolute Gasteiger partial charge is 0.365 e. The highest BCUT2D eigenvalue weighted by molar-refractivity contribution is 7.91. The molecule has 110 valence electrons. The Morgan fingerprint density at radius 2 is 2.05 bits per heavy atom. The molecule has 1 atom stereocenters. The first kappa shape index (κ1) is 14.7. The third-order valence-electron chi connectivity index (χ3n) is 2.99. The summed E-state index contributed by atoms with van der Waals surface area (Å²) in [5, 5.41) is 13.5. The summed E-state index contributed by atoms with van der Waals surface area (Å²) in [6, 6.07) is 3.21. The van der Waals surface area contributed by atoms with Crippen LogP contribution in [0.5, 0.6) is 0 Å². The molecule has 2 rings (SSSR count). The molecule has 0 saturated carbocycles. The fraction of sp³-hybridized carbons (Fsp3) is 0.583. The van der Waals surface area contributed by atoms with E-state index in [0.29, 0.717) is 24.5 Å². The first-order chi connectivity index (χ1) is 9.48. The summed E-state index contributed by atoms with van der Waals surface area (Å²) in [5.74, 6) is 1.16. The number of hydrogen-bond acceptors (Lipinski definition) is 6. The van der Waals surface area contributed by atoms with E-state index in [4.69, 9.17) is 0 Å². The predicted octanol–water partition coefficient (Wildman–Crippen LogP) is 0.814. The molecular weight excluding hydrogens is 280 g/mol. The number of nitrogens with one attached hydrogen (secondary N) is 2. The molecule has 1 aromatic rings. The number of sulfone groups is 1. The Balaban J connectivity index is 1.90. The van der Waals surface area contributed by atoms with Crippen LogP contribution in [-0.2, 0) is 14.6 Å². The zero-order valence-corrected chi connectivity index (χ0v) is 12.1. The Hall–Kier alpha value is -1.70. The topological polar surface area (TPSA) is 101 Å². The molecule has 0 aromatic carbocycles. The number of nitrogens with zero attached hydrogens (tertiary/aromatic N) is 2. The normalized spacial score (nSPS) is 20.6. The van der Waals surface area contributed by atoms with Crippen molar-refractivity contribution in [2.75, 3.05) is 22.1 Å². The Kier molecular flexibility index (Phi) is 4.53. The molecule has 0 spiro atoms. The quantitative estimate of drug-likeness (QED) is 0.834. The Morgan fingerprint density at radius 3 is 2.60 bits per heavy atom. The molecular formula is C12H18N4O3S. The predicted molar refractivity (Wildman–Crippen MR) is 76.3 cm³/mol. The summed E-state index contributed by atoms with van der Waals surface area (Å²) >= 11 is 0. The van der Waals surface area contributed by atoms with Crippen LogP contribution in [0.15, 0.2) is 12.1 Å². The molecule has 0 aliphatic carbocycles. The van der Waals surface area contributed by atoms with E-state index in [9.17, 15) is 13.2 Å². The Bertz CT molecular complexity index is 571. The lowest BCUT2D eigenvalue weighted by molar-refractivity contribution is -0.116. The van der Waals surface area contributed by atoms with Gasteiger partial charge in [-0.3, -0.25) is 4.79 Å². The van der Waals surface area contributed by atoms with Crippen molar-refractivity contribution >= 4 is 27.4 Å². The minimum atomic E-state index is -2.91. The van der Waals surface area contributed by atoms with Gasteiger partial charge in [-0.25, -0.2) is 8.42 Å². The van der Waals surface area contributed by atoms with Gasteiger partial charge in [0.25, 0.3) is 0 Å². The molecule has 0 radical (unpaired) electrons. The van der Waals surface area contributed by atoms with Gasteiger partial charge in [-0.2, -0.15) is 0 Å². The van der Waals surface area contributed by atoms with Crippen LogP contribution in [0.25, 0.3) is 0 Å². The fourth-order valence-electron chi connectivity index (χ4n) is 2.03. The second-order valence-corrected chi connectivity index (χ2v) is 7.08. The number of amides is 1. The number of carbonyl (C=O) groups excluding carboxylic acids is 1. The average Bonchev–Trinajstić information content (AvgIpc) is 2.71. The SMILES string of the molecule is CCCC(=O)Nc1ccc(NC2CCS(=O)(=O)C2)nn1. The molecule has 1 fully saturated rings. The smallest absolute Gasteiger partial charge is 0.225 e. The lowest BCUT2D eigenvalue weighted by Crippen LogP contribution is -2.21. The average molecular weight is 298 g/mol. The van der Waals surface area contributed by atoms with E-state index < -0.39 is 9.84 Å². The number of hydrogen-bond donors (Lipinski definition) is 2. The van der Waals surface area contributed by atoms with Gasteiger partial charge in [0, 0.05) is 12.5 Å². The Morgan fingerprint density at radius 1 is 1.35 bits per heavy atom. The summed E-state index contributed by atoms with van der Waals surface area (Å²) in [6.07, 6.45) is 1.80. The molecule has 1 saturated heterocycles. The second kappa shape index (κ2) is 6.17. The van der Waals surface area contributed by atoms with E-state index in [1.54, 1.807) is 12.1 Å². The van der Waals surface area contributed by atoms with Crippen LogP contribution in [0.1, 0.15) is 26.2 Å². The molecule has 1 aliphatic heterocycles. The lowest BCUT2D eigenvalue weighted by Gasteiger charge is -2.11. The van der Waals surface area contributed by atoms with Crippen molar-refractivity contribution in [3.05, 3.63) is 12.1 Å². The molecule has 1 amide bonds. The number of rotatable bonds is 5. The summed E-state index contributed by atoms with van der Waals surface area (Å²) in [6.45, 7) is 1.92. The van der Waals surface area contributed by atoms with Crippen LogP contribution in [0.3, 0.4) is 0 Å². The Labute approximate surface area is 118 Å². The molecule has 0 bridgehead atoms. The summed E-state index contributed by atoms with van der Waals surface area (Å²) < 4.78 is 22.7. The molecule has 1 aliphatic rings. The summed E-state index contributed by atoms with van der Waals surface area (Å²) in [7, 11) is -2.91. The van der Waals surface area contributed by atoms with E-state index in [1.165, 1.54) is 0 Å². The zero-order valence-electron chi connectivity index (χ0n) is 11.3. The van der Waals surface area contributed by atoms with Crippen LogP contribution in [0.2, 0.25) is 0 Å². The van der Waals surface area contributed by atoms with E-state index in [1.807, 2.05) is 6.92 Å². The van der Waals surface area contributed by atoms with Gasteiger partial charge >= 0.3 is 0 Å². The first-order valence-electron chi connectivity index (χ1n) is 6.59. The third kappa shape index (κ3) is 4.16. The zero-order chi connectivity index (χ0) is 14.6. The van der Waals surface area contributed by atoms with Crippen LogP contribution in [0.4, 0.5) is 11.6 Å². The minimum absolute atomic E-state index is 0.0932. The molecule has 2 N–H and O–H groups in total. The maximum Gasteiger partial charge on any atom is 0.225 e. The molecule has 2 heterocycles. The van der Waals surface area contributed by atoms with Crippen molar-refractivity contribution in [1.29, 1.82) is 0 Å². The van der Waals surface area contributed by atoms with Crippen LogP contribution in [-0.4, -0.2) is 42.1 Å². The fourth-order valence-corrected chi connectivity index (χ4v) is 3.70. The molecule has 7 nitrogen and oxygen atoms in total. The number of anilines is 2. The second-order valence-electron chi connectivity index (χ2n) is 4.85. The maximum absolute atomic E-state index is 11.4. The highest BCUT2D eigenvalue weighted by Crippen LogP contribution is 2.16. The van der Waals surface area contributed by atoms with Gasteiger partial charge in [0.1, 0.15) is 5.82 Å². The van der Waals surface area contributed by atoms with Crippen molar-refractivity contribution in [3.63, 3.8) is 0 Å². The highest BCUT2D eigenvalue weighted by Gasteiger charge is 2.27. The number of aromatic nitrogens is 2. The third-order valence-corrected chi connectivity index (χ3v) is 4.76. The first-order valence-corrected chi connectivity index (χ1v) is 8.41. The van der Waals surface area contributed by atoms with Crippen molar-refractivity contribution in [2.45, 2.75) is 32.2 Å². The van der Waals surface area contributed by atoms with E-state index >= 15 is 0 Å². The molecule has 1 unspecified atom stereocenters. The van der Waals surface area contributed by atoms with Gasteiger partial charge in [-0.05, 0) is 25.0 Å². The van der Waals surface area contributed by atoms with Crippen molar-refractivity contribution in [2.24, 2.45) is 0 Å². The van der Waals surface area contributed by atoms with Gasteiger partial charge in [-0.15, -0.1) is 10.2 Å². The van der Waals surface area contributed by atoms with Crippen molar-refractivity contribution in [1.82, 2.24) is 10.2 Å². The number of carbonyl (C=O) groups is 1. The monoisotopic (exact) mass is 298 g/mol. The van der Waals surface area contributed by atoms with E-state index in [0.717, 1.165) is 6.42 Å². The maximum atomic E-state index is 11.4. The van der Waals surface area contributed by atoms with Crippen LogP contribution >= 0.6 is 0 Å². The van der Waals surface area contributed by atoms with Gasteiger partial charge < -0.3 is 10.6 Å². The van der Waals surface area contributed by atoms with Gasteiger partial charge in [-0.1, -0.05) is 6.92 Å². The molecule has 8 heteroatoms.